The van der Waals surface area contributed by atoms with Crippen LogP contribution in [0.5, 0.6) is 0 Å². The molecule has 1 heterocycles. The summed E-state index contributed by atoms with van der Waals surface area (Å²) in [7, 11) is 3.82. The molecule has 0 saturated carbocycles. The predicted octanol–water partition coefficient (Wildman–Crippen LogP) is 4.67. The number of hydrogen-bond acceptors (Lipinski definition) is 4. The number of likely N-dealkylation sites (N-methyl/N-ethyl adjacent to an activating group) is 1. The maximum atomic E-state index is 13.5. The molecule has 146 valence electrons. The van der Waals surface area contributed by atoms with E-state index in [2.05, 4.69) is 26.2 Å². The Kier molecular flexibility index (Phi) is 6.93. The second kappa shape index (κ2) is 9.41. The molecule has 0 saturated heterocycles. The van der Waals surface area contributed by atoms with E-state index in [-0.39, 0.29) is 24.2 Å². The Balaban J connectivity index is 1.61. The van der Waals surface area contributed by atoms with Gasteiger partial charge in [-0.3, -0.25) is 4.79 Å². The van der Waals surface area contributed by atoms with Crippen LogP contribution in [-0.2, 0) is 11.2 Å². The Bertz CT molecular complexity index is 960. The number of halogens is 2. The van der Waals surface area contributed by atoms with Crippen LogP contribution >= 0.6 is 27.3 Å². The summed E-state index contributed by atoms with van der Waals surface area (Å²) in [6.07, 6.45) is 0.216. The smallest absolute Gasteiger partial charge is 0.226 e. The number of hydrogen-bond donors (Lipinski definition) is 1. The highest BCUT2D eigenvalue weighted by molar-refractivity contribution is 9.10. The summed E-state index contributed by atoms with van der Waals surface area (Å²) in [6.45, 7) is 0.401. The molecule has 0 bridgehead atoms. The lowest BCUT2D eigenvalue weighted by molar-refractivity contribution is -0.120. The third-order valence-corrected chi connectivity index (χ3v) is 5.75. The first-order valence-electron chi connectivity index (χ1n) is 8.81. The van der Waals surface area contributed by atoms with Gasteiger partial charge in [0.15, 0.2) is 0 Å². The third kappa shape index (κ3) is 5.47. The van der Waals surface area contributed by atoms with Gasteiger partial charge >= 0.3 is 0 Å². The van der Waals surface area contributed by atoms with Gasteiger partial charge in [-0.15, -0.1) is 11.3 Å². The van der Waals surface area contributed by atoms with Crippen molar-refractivity contribution in [2.24, 2.45) is 0 Å². The summed E-state index contributed by atoms with van der Waals surface area (Å²) in [5, 5.41) is 5.74. The maximum absolute atomic E-state index is 13.5. The van der Waals surface area contributed by atoms with E-state index in [1.807, 2.05) is 54.7 Å². The number of aromatic nitrogens is 1. The van der Waals surface area contributed by atoms with E-state index in [4.69, 9.17) is 0 Å². The fourth-order valence-electron chi connectivity index (χ4n) is 2.89. The second-order valence-corrected chi connectivity index (χ2v) is 8.44. The predicted molar refractivity (Wildman–Crippen MR) is 115 cm³/mol. The summed E-state index contributed by atoms with van der Waals surface area (Å²) in [4.78, 5) is 18.9. The van der Waals surface area contributed by atoms with Gasteiger partial charge in [0.1, 0.15) is 10.8 Å². The van der Waals surface area contributed by atoms with Crippen molar-refractivity contribution in [3.63, 3.8) is 0 Å². The van der Waals surface area contributed by atoms with Crippen LogP contribution in [0.25, 0.3) is 10.6 Å². The van der Waals surface area contributed by atoms with Gasteiger partial charge in [-0.1, -0.05) is 40.2 Å². The fourth-order valence-corrected chi connectivity index (χ4v) is 4.11. The van der Waals surface area contributed by atoms with Crippen molar-refractivity contribution in [3.8, 4) is 10.6 Å². The minimum atomic E-state index is -0.279. The first kappa shape index (κ1) is 20.6. The molecule has 4 nitrogen and oxygen atoms in total. The minimum absolute atomic E-state index is 0.102. The Morgan fingerprint density at radius 3 is 2.75 bits per heavy atom. The monoisotopic (exact) mass is 461 g/mol. The molecule has 2 aromatic carbocycles. The summed E-state index contributed by atoms with van der Waals surface area (Å²) >= 11 is 4.98. The largest absolute Gasteiger partial charge is 0.354 e. The molecular weight excluding hydrogens is 441 g/mol. The minimum Gasteiger partial charge on any atom is -0.354 e. The molecule has 0 radical (unpaired) electrons. The van der Waals surface area contributed by atoms with Gasteiger partial charge < -0.3 is 10.2 Å². The van der Waals surface area contributed by atoms with Gasteiger partial charge in [0.2, 0.25) is 5.91 Å². The lowest BCUT2D eigenvalue weighted by atomic mass is 10.1. The van der Waals surface area contributed by atoms with E-state index in [1.165, 1.54) is 23.5 Å². The summed E-state index contributed by atoms with van der Waals surface area (Å²) in [5.74, 6) is -0.382. The van der Waals surface area contributed by atoms with Crippen molar-refractivity contribution in [3.05, 3.63) is 75.5 Å². The van der Waals surface area contributed by atoms with Crippen LogP contribution < -0.4 is 5.32 Å². The number of thiazole rings is 1. The number of carbonyl (C=O) groups excluding carboxylic acids is 1. The van der Waals surface area contributed by atoms with Crippen LogP contribution in [0.4, 0.5) is 4.39 Å². The average Bonchev–Trinajstić information content (AvgIpc) is 3.10. The fraction of sp³-hybridized carbons (Fsp3) is 0.238. The molecule has 3 rings (SSSR count). The van der Waals surface area contributed by atoms with Crippen LogP contribution in [-0.4, -0.2) is 36.4 Å². The van der Waals surface area contributed by atoms with E-state index in [9.17, 15) is 9.18 Å². The zero-order chi connectivity index (χ0) is 20.1. The van der Waals surface area contributed by atoms with Gasteiger partial charge in [-0.05, 0) is 43.9 Å². The van der Waals surface area contributed by atoms with E-state index >= 15 is 0 Å². The summed E-state index contributed by atoms with van der Waals surface area (Å²) in [5.41, 5.74) is 2.59. The molecule has 0 aliphatic rings. The van der Waals surface area contributed by atoms with Crippen molar-refractivity contribution in [2.75, 3.05) is 20.6 Å². The number of benzene rings is 2. The number of nitrogens with zero attached hydrogens (tertiary/aromatic N) is 2. The Hall–Kier alpha value is -2.09. The van der Waals surface area contributed by atoms with Crippen LogP contribution in [0.2, 0.25) is 0 Å². The van der Waals surface area contributed by atoms with Crippen LogP contribution in [0, 0.1) is 5.82 Å². The number of nitrogens with one attached hydrogen (secondary N) is 1. The van der Waals surface area contributed by atoms with Gasteiger partial charge in [0.25, 0.3) is 0 Å². The molecule has 1 N–H and O–H groups in total. The highest BCUT2D eigenvalue weighted by atomic mass is 79.9. The Labute approximate surface area is 176 Å². The quantitative estimate of drug-likeness (QED) is 0.555. The highest BCUT2D eigenvalue weighted by Crippen LogP contribution is 2.26. The molecule has 1 unspecified atom stereocenters. The molecular formula is C21H21BrFN3OS. The molecule has 1 atom stereocenters. The van der Waals surface area contributed by atoms with Crippen LogP contribution in [0.3, 0.4) is 0 Å². The molecule has 0 spiro atoms. The molecule has 0 aliphatic heterocycles. The first-order chi connectivity index (χ1) is 13.4. The first-order valence-corrected chi connectivity index (χ1v) is 10.5. The van der Waals surface area contributed by atoms with Crippen molar-refractivity contribution < 1.29 is 9.18 Å². The van der Waals surface area contributed by atoms with Gasteiger partial charge in [-0.25, -0.2) is 9.37 Å². The van der Waals surface area contributed by atoms with E-state index in [0.29, 0.717) is 6.54 Å². The average molecular weight is 462 g/mol. The lowest BCUT2D eigenvalue weighted by Crippen LogP contribution is -2.35. The topological polar surface area (TPSA) is 45.2 Å². The van der Waals surface area contributed by atoms with Gasteiger partial charge in [-0.2, -0.15) is 0 Å². The third-order valence-electron chi connectivity index (χ3n) is 4.31. The van der Waals surface area contributed by atoms with E-state index in [1.54, 1.807) is 6.07 Å². The lowest BCUT2D eigenvalue weighted by Gasteiger charge is -2.25. The van der Waals surface area contributed by atoms with Crippen molar-refractivity contribution >= 4 is 33.2 Å². The van der Waals surface area contributed by atoms with Crippen molar-refractivity contribution in [1.82, 2.24) is 15.2 Å². The van der Waals surface area contributed by atoms with Crippen LogP contribution in [0.1, 0.15) is 17.3 Å². The standard InChI is InChI=1S/C21H21BrFN3OS/c1-26(2)19(14-5-4-8-17(23)10-14)12-24-20(27)11-18-13-28-21(25-18)15-6-3-7-16(22)9-15/h3-10,13,19H,11-12H2,1-2H3,(H,24,27). The van der Waals surface area contributed by atoms with Crippen molar-refractivity contribution in [2.45, 2.75) is 12.5 Å². The van der Waals surface area contributed by atoms with Crippen molar-refractivity contribution in [1.29, 1.82) is 0 Å². The zero-order valence-electron chi connectivity index (χ0n) is 15.7. The molecule has 28 heavy (non-hydrogen) atoms. The normalized spacial score (nSPS) is 12.2. The van der Waals surface area contributed by atoms with E-state index < -0.39 is 0 Å². The van der Waals surface area contributed by atoms with Crippen LogP contribution in [0.15, 0.2) is 58.4 Å². The SMILES string of the molecule is CN(C)C(CNC(=O)Cc1csc(-c2cccc(Br)c2)n1)c1cccc(F)c1. The molecule has 1 aromatic heterocycles. The van der Waals surface area contributed by atoms with E-state index in [0.717, 1.165) is 26.3 Å². The Morgan fingerprint density at radius 1 is 1.25 bits per heavy atom. The second-order valence-electron chi connectivity index (χ2n) is 6.67. The molecule has 0 aliphatic carbocycles. The molecule has 3 aromatic rings. The number of amides is 1. The molecule has 0 fully saturated rings. The van der Waals surface area contributed by atoms with Gasteiger partial charge in [0, 0.05) is 22.0 Å². The number of rotatable bonds is 7. The summed E-state index contributed by atoms with van der Waals surface area (Å²) in [6, 6.07) is 14.3. The highest BCUT2D eigenvalue weighted by Gasteiger charge is 2.16. The maximum Gasteiger partial charge on any atom is 0.226 e. The summed E-state index contributed by atoms with van der Waals surface area (Å²) < 4.78 is 14.5. The molecule has 7 heteroatoms. The number of carbonyl (C=O) groups is 1. The molecule has 1 amide bonds. The van der Waals surface area contributed by atoms with Gasteiger partial charge in [0.05, 0.1) is 18.2 Å². The zero-order valence-corrected chi connectivity index (χ0v) is 18.1. The Morgan fingerprint density at radius 2 is 2.04 bits per heavy atom.